The van der Waals surface area contributed by atoms with Gasteiger partial charge in [-0.05, 0) is 97.4 Å². The number of aromatic nitrogens is 1. The molecule has 2 aromatic heterocycles. The molecule has 1 aliphatic heterocycles. The number of carbonyl (C=O) groups excluding carboxylic acids is 2. The Morgan fingerprint density at radius 1 is 1.09 bits per heavy atom. The summed E-state index contributed by atoms with van der Waals surface area (Å²) in [6.45, 7) is 6.91. The number of likely N-dealkylation sites (tertiary alicyclic amines) is 1. The van der Waals surface area contributed by atoms with Gasteiger partial charge in [0.15, 0.2) is 0 Å². The van der Waals surface area contributed by atoms with Crippen LogP contribution in [0.5, 0.6) is 0 Å². The Morgan fingerprint density at radius 2 is 1.91 bits per heavy atom. The third kappa shape index (κ3) is 5.97. The molecule has 5 nitrogen and oxygen atoms in total. The summed E-state index contributed by atoms with van der Waals surface area (Å²) < 4.78 is 0. The molecule has 3 aromatic rings. The minimum Gasteiger partial charge on any atom is -0.369 e. The molecule has 1 aromatic carbocycles. The van der Waals surface area contributed by atoms with Crippen LogP contribution in [0.25, 0.3) is 11.1 Å². The second-order valence-electron chi connectivity index (χ2n) is 8.91. The van der Waals surface area contributed by atoms with E-state index in [1.165, 1.54) is 84.4 Å². The minimum absolute atomic E-state index is 0.250. The third-order valence-corrected chi connectivity index (χ3v) is 7.15. The highest BCUT2D eigenvalue weighted by Crippen LogP contribution is 2.41. The van der Waals surface area contributed by atoms with Crippen molar-refractivity contribution in [1.29, 1.82) is 0 Å². The first-order valence-electron chi connectivity index (χ1n) is 11.8. The molecule has 1 fully saturated rings. The molecule has 1 saturated heterocycles. The van der Waals surface area contributed by atoms with Crippen molar-refractivity contribution in [1.82, 2.24) is 9.88 Å². The SMILES string of the molecule is Cc1ccc2c(c1)Cc1cc(Cc3ccsc3)nc(NCCCN3CCCCC3)c1-2.O=C=O. The summed E-state index contributed by atoms with van der Waals surface area (Å²) in [4.78, 5) is 24.0. The lowest BCUT2D eigenvalue weighted by Gasteiger charge is -2.26. The summed E-state index contributed by atoms with van der Waals surface area (Å²) in [7, 11) is 0. The van der Waals surface area contributed by atoms with Gasteiger partial charge in [0, 0.05) is 24.2 Å². The number of anilines is 1. The van der Waals surface area contributed by atoms with Gasteiger partial charge >= 0.3 is 6.15 Å². The zero-order valence-corrected chi connectivity index (χ0v) is 20.0. The number of nitrogens with one attached hydrogen (secondary N) is 1. The molecular weight excluding hydrogens is 430 g/mol. The van der Waals surface area contributed by atoms with Crippen LogP contribution < -0.4 is 5.32 Å². The number of pyridine rings is 1. The van der Waals surface area contributed by atoms with E-state index in [-0.39, 0.29) is 6.15 Å². The molecule has 0 unspecified atom stereocenters. The van der Waals surface area contributed by atoms with Gasteiger partial charge < -0.3 is 10.2 Å². The van der Waals surface area contributed by atoms with E-state index in [2.05, 4.69) is 58.2 Å². The van der Waals surface area contributed by atoms with Gasteiger partial charge in [0.1, 0.15) is 5.82 Å². The third-order valence-electron chi connectivity index (χ3n) is 6.42. The van der Waals surface area contributed by atoms with Crippen LogP contribution in [0.1, 0.15) is 53.6 Å². The highest BCUT2D eigenvalue weighted by atomic mass is 32.1. The molecule has 172 valence electrons. The molecule has 3 heterocycles. The molecule has 6 heteroatoms. The average Bonchev–Trinajstić information content (AvgIpc) is 3.45. The molecule has 1 aliphatic carbocycles. The Hall–Kier alpha value is -2.79. The molecule has 33 heavy (non-hydrogen) atoms. The zero-order chi connectivity index (χ0) is 23.0. The van der Waals surface area contributed by atoms with Crippen LogP contribution in [-0.4, -0.2) is 42.2 Å². The first kappa shape index (κ1) is 23.4. The maximum Gasteiger partial charge on any atom is 0.373 e. The summed E-state index contributed by atoms with van der Waals surface area (Å²) in [6, 6.07) is 11.4. The Bertz CT molecular complexity index is 1100. The van der Waals surface area contributed by atoms with E-state index in [1.807, 2.05) is 0 Å². The molecule has 0 amide bonds. The maximum absolute atomic E-state index is 8.12. The smallest absolute Gasteiger partial charge is 0.369 e. The van der Waals surface area contributed by atoms with Gasteiger partial charge in [0.05, 0.1) is 0 Å². The van der Waals surface area contributed by atoms with Gasteiger partial charge in [-0.1, -0.05) is 30.2 Å². The second kappa shape index (κ2) is 11.4. The monoisotopic (exact) mass is 461 g/mol. The Labute approximate surface area is 199 Å². The van der Waals surface area contributed by atoms with Crippen molar-refractivity contribution in [2.75, 3.05) is 31.5 Å². The number of nitrogens with zero attached hydrogens (tertiary/aromatic N) is 2. The van der Waals surface area contributed by atoms with Crippen molar-refractivity contribution in [3.8, 4) is 11.1 Å². The molecule has 0 atom stereocenters. The quantitative estimate of drug-likeness (QED) is 0.378. The Morgan fingerprint density at radius 3 is 2.67 bits per heavy atom. The van der Waals surface area contributed by atoms with E-state index in [9.17, 15) is 0 Å². The zero-order valence-electron chi connectivity index (χ0n) is 19.2. The lowest BCUT2D eigenvalue weighted by atomic mass is 10.0. The standard InChI is InChI=1S/C26H31N3S.CO2/c1-19-6-7-24-21(14-19)16-22-17-23(15-20-8-13-30-18-20)28-26(25(22)24)27-9-5-12-29-10-3-2-4-11-29;2-1-3/h6-8,13-14,17-18H,2-5,9-12,15-16H2,1H3,(H,27,28);. The van der Waals surface area contributed by atoms with E-state index < -0.39 is 0 Å². The predicted molar refractivity (Wildman–Crippen MR) is 133 cm³/mol. The van der Waals surface area contributed by atoms with Crippen molar-refractivity contribution in [3.63, 3.8) is 0 Å². The fourth-order valence-corrected chi connectivity index (χ4v) is 5.60. The number of thiophene rings is 1. The molecular formula is C27H31N3O2S. The first-order chi connectivity index (χ1) is 16.2. The molecule has 0 spiro atoms. The molecule has 5 rings (SSSR count). The summed E-state index contributed by atoms with van der Waals surface area (Å²) in [5, 5.41) is 8.11. The largest absolute Gasteiger partial charge is 0.373 e. The van der Waals surface area contributed by atoms with Crippen LogP contribution in [0, 0.1) is 6.92 Å². The highest BCUT2D eigenvalue weighted by molar-refractivity contribution is 7.07. The van der Waals surface area contributed by atoms with Crippen LogP contribution in [0.15, 0.2) is 41.1 Å². The van der Waals surface area contributed by atoms with Crippen molar-refractivity contribution in [2.24, 2.45) is 0 Å². The Balaban J connectivity index is 0.000000821. The van der Waals surface area contributed by atoms with Crippen LogP contribution in [0.2, 0.25) is 0 Å². The van der Waals surface area contributed by atoms with E-state index in [1.54, 1.807) is 11.3 Å². The Kier molecular flexibility index (Phi) is 8.05. The fraction of sp³-hybridized carbons (Fsp3) is 0.407. The van der Waals surface area contributed by atoms with E-state index in [4.69, 9.17) is 14.6 Å². The van der Waals surface area contributed by atoms with Gasteiger partial charge in [-0.15, -0.1) is 0 Å². The normalized spacial score (nSPS) is 14.6. The number of hydrogen-bond acceptors (Lipinski definition) is 6. The number of piperidine rings is 1. The number of fused-ring (bicyclic) bond motifs is 3. The molecule has 0 saturated carbocycles. The lowest BCUT2D eigenvalue weighted by molar-refractivity contribution is -0.191. The maximum atomic E-state index is 8.12. The van der Waals surface area contributed by atoms with Gasteiger partial charge in [-0.2, -0.15) is 20.9 Å². The average molecular weight is 462 g/mol. The number of hydrogen-bond donors (Lipinski definition) is 1. The summed E-state index contributed by atoms with van der Waals surface area (Å²) >= 11 is 1.76. The fourth-order valence-electron chi connectivity index (χ4n) is 4.93. The van der Waals surface area contributed by atoms with Crippen molar-refractivity contribution < 1.29 is 9.59 Å². The van der Waals surface area contributed by atoms with Crippen LogP contribution in [-0.2, 0) is 22.4 Å². The van der Waals surface area contributed by atoms with Crippen molar-refractivity contribution >= 4 is 23.3 Å². The lowest BCUT2D eigenvalue weighted by Crippen LogP contribution is -2.31. The minimum atomic E-state index is 0.250. The van der Waals surface area contributed by atoms with Gasteiger partial charge in [-0.25, -0.2) is 4.98 Å². The van der Waals surface area contributed by atoms with Crippen LogP contribution >= 0.6 is 11.3 Å². The van der Waals surface area contributed by atoms with Gasteiger partial charge in [-0.3, -0.25) is 0 Å². The summed E-state index contributed by atoms with van der Waals surface area (Å²) in [5.41, 5.74) is 9.43. The topological polar surface area (TPSA) is 62.3 Å². The van der Waals surface area contributed by atoms with Gasteiger partial charge in [0.2, 0.25) is 0 Å². The first-order valence-corrected chi connectivity index (χ1v) is 12.7. The molecule has 1 N–H and O–H groups in total. The second-order valence-corrected chi connectivity index (χ2v) is 9.69. The van der Waals surface area contributed by atoms with Gasteiger partial charge in [0.25, 0.3) is 0 Å². The van der Waals surface area contributed by atoms with Crippen LogP contribution in [0.4, 0.5) is 5.82 Å². The highest BCUT2D eigenvalue weighted by Gasteiger charge is 2.24. The van der Waals surface area contributed by atoms with Crippen LogP contribution in [0.3, 0.4) is 0 Å². The van der Waals surface area contributed by atoms with Crippen molar-refractivity contribution in [2.45, 2.75) is 45.4 Å². The number of rotatable bonds is 7. The number of benzene rings is 1. The summed E-state index contributed by atoms with van der Waals surface area (Å²) in [5.74, 6) is 1.08. The molecule has 0 radical (unpaired) electrons. The molecule has 0 bridgehead atoms. The van der Waals surface area contributed by atoms with Crippen molar-refractivity contribution in [3.05, 3.63) is 69.0 Å². The number of aryl methyl sites for hydroxylation is 1. The van der Waals surface area contributed by atoms with E-state index >= 15 is 0 Å². The predicted octanol–water partition coefficient (Wildman–Crippen LogP) is 5.32. The summed E-state index contributed by atoms with van der Waals surface area (Å²) in [6.07, 6.45) is 7.49. The van der Waals surface area contributed by atoms with E-state index in [0.717, 1.165) is 25.2 Å². The molecule has 2 aliphatic rings. The van der Waals surface area contributed by atoms with E-state index in [0.29, 0.717) is 0 Å².